The Morgan fingerprint density at radius 1 is 1.03 bits per heavy atom. The fourth-order valence-electron chi connectivity index (χ4n) is 4.69. The summed E-state index contributed by atoms with van der Waals surface area (Å²) in [5, 5.41) is 25.9. The van der Waals surface area contributed by atoms with Crippen molar-refractivity contribution in [1.29, 1.82) is 0 Å². The zero-order valence-corrected chi connectivity index (χ0v) is 17.7. The van der Waals surface area contributed by atoms with Crippen molar-refractivity contribution in [3.63, 3.8) is 0 Å². The van der Waals surface area contributed by atoms with Gasteiger partial charge in [-0.15, -0.1) is 0 Å². The minimum Gasteiger partial charge on any atom is -0.396 e. The molecule has 1 aliphatic rings. The van der Waals surface area contributed by atoms with E-state index in [0.717, 1.165) is 25.1 Å². The first-order valence-electron chi connectivity index (χ1n) is 11.0. The van der Waals surface area contributed by atoms with Crippen LogP contribution in [0.3, 0.4) is 0 Å². The monoisotopic (exact) mass is 418 g/mol. The number of nitrogens with zero attached hydrogens (tertiary/aromatic N) is 1. The van der Waals surface area contributed by atoms with Gasteiger partial charge in [0.25, 0.3) is 0 Å². The highest BCUT2D eigenvalue weighted by Crippen LogP contribution is 2.34. The van der Waals surface area contributed by atoms with Gasteiger partial charge in [-0.3, -0.25) is 4.79 Å². The molecule has 3 aromatic rings. The van der Waals surface area contributed by atoms with Crippen molar-refractivity contribution in [2.75, 3.05) is 26.2 Å². The number of hydrogen-bond donors (Lipinski definition) is 3. The van der Waals surface area contributed by atoms with Gasteiger partial charge >= 0.3 is 0 Å². The third-order valence-corrected chi connectivity index (χ3v) is 6.39. The van der Waals surface area contributed by atoms with E-state index >= 15 is 0 Å². The van der Waals surface area contributed by atoms with Crippen LogP contribution in [0.2, 0.25) is 0 Å². The first-order valence-corrected chi connectivity index (χ1v) is 11.0. The Morgan fingerprint density at radius 3 is 2.55 bits per heavy atom. The minimum atomic E-state index is -0.830. The van der Waals surface area contributed by atoms with Crippen molar-refractivity contribution in [2.45, 2.75) is 30.9 Å². The molecule has 0 aromatic heterocycles. The number of hydrogen-bond acceptors (Lipinski definition) is 4. The first kappa shape index (κ1) is 21.5. The molecule has 1 aliphatic heterocycles. The van der Waals surface area contributed by atoms with Gasteiger partial charge in [0.2, 0.25) is 5.91 Å². The third kappa shape index (κ3) is 4.64. The number of piperidine rings is 1. The fourth-order valence-corrected chi connectivity index (χ4v) is 4.69. The maximum atomic E-state index is 12.4. The van der Waals surface area contributed by atoms with Gasteiger partial charge in [0.1, 0.15) is 0 Å². The number of benzene rings is 3. The molecule has 0 spiro atoms. The molecule has 162 valence electrons. The lowest BCUT2D eigenvalue weighted by atomic mass is 9.78. The van der Waals surface area contributed by atoms with E-state index < -0.39 is 11.6 Å². The highest BCUT2D eigenvalue weighted by Gasteiger charge is 2.44. The van der Waals surface area contributed by atoms with Gasteiger partial charge in [0, 0.05) is 26.1 Å². The minimum absolute atomic E-state index is 0.0338. The van der Waals surface area contributed by atoms with E-state index in [1.165, 1.54) is 16.3 Å². The van der Waals surface area contributed by atoms with Crippen LogP contribution < -0.4 is 5.32 Å². The summed E-state index contributed by atoms with van der Waals surface area (Å²) in [5.74, 6) is -0.241. The molecule has 5 nitrogen and oxygen atoms in total. The van der Waals surface area contributed by atoms with E-state index in [4.69, 9.17) is 5.11 Å². The molecule has 2 atom stereocenters. The van der Waals surface area contributed by atoms with Crippen LogP contribution in [0.15, 0.2) is 72.8 Å². The van der Waals surface area contributed by atoms with E-state index in [0.29, 0.717) is 13.0 Å². The second kappa shape index (κ2) is 9.60. The molecule has 0 unspecified atom stereocenters. The average Bonchev–Trinajstić information content (AvgIpc) is 2.80. The lowest BCUT2D eigenvalue weighted by Gasteiger charge is -2.46. The lowest BCUT2D eigenvalue weighted by molar-refractivity contribution is -0.127. The molecule has 3 aromatic carbocycles. The molecule has 1 amide bonds. The van der Waals surface area contributed by atoms with Crippen LogP contribution in [-0.2, 0) is 16.8 Å². The van der Waals surface area contributed by atoms with E-state index in [1.54, 1.807) is 0 Å². The number of likely N-dealkylation sites (tertiary alicyclic amines) is 1. The maximum absolute atomic E-state index is 12.4. The van der Waals surface area contributed by atoms with Crippen LogP contribution in [-0.4, -0.2) is 53.4 Å². The molecule has 5 heteroatoms. The number of rotatable bonds is 7. The van der Waals surface area contributed by atoms with Crippen LogP contribution in [0.1, 0.15) is 24.0 Å². The smallest absolute Gasteiger partial charge is 0.223 e. The summed E-state index contributed by atoms with van der Waals surface area (Å²) in [6.45, 7) is 1.90. The molecule has 0 bridgehead atoms. The molecule has 4 rings (SSSR count). The Kier molecular flexibility index (Phi) is 6.66. The van der Waals surface area contributed by atoms with Crippen molar-refractivity contribution in [2.24, 2.45) is 0 Å². The Balaban J connectivity index is 1.48. The maximum Gasteiger partial charge on any atom is 0.223 e. The van der Waals surface area contributed by atoms with Gasteiger partial charge in [-0.2, -0.15) is 0 Å². The standard InChI is InChI=1S/C26H30N2O3/c29-18-14-25(31)27-26(22-10-2-1-3-11-22)15-17-28(19-24(26)30)16-13-21-9-6-8-20-7-4-5-12-23(20)21/h1-12,24,29-30H,13-19H2,(H,27,31)/t24-,26+/m1/s1. The highest BCUT2D eigenvalue weighted by atomic mass is 16.3. The molecule has 1 heterocycles. The lowest BCUT2D eigenvalue weighted by Crippen LogP contribution is -2.62. The zero-order valence-electron chi connectivity index (χ0n) is 17.7. The van der Waals surface area contributed by atoms with E-state index in [9.17, 15) is 9.90 Å². The van der Waals surface area contributed by atoms with Gasteiger partial charge in [-0.25, -0.2) is 0 Å². The largest absolute Gasteiger partial charge is 0.396 e. The van der Waals surface area contributed by atoms with Gasteiger partial charge in [-0.05, 0) is 34.7 Å². The number of nitrogens with one attached hydrogen (secondary N) is 1. The van der Waals surface area contributed by atoms with Gasteiger partial charge in [-0.1, -0.05) is 72.8 Å². The van der Waals surface area contributed by atoms with Crippen molar-refractivity contribution in [3.05, 3.63) is 83.9 Å². The highest BCUT2D eigenvalue weighted by molar-refractivity contribution is 5.85. The molecular formula is C26H30N2O3. The molecule has 0 radical (unpaired) electrons. The molecule has 0 aliphatic carbocycles. The van der Waals surface area contributed by atoms with E-state index in [1.807, 2.05) is 30.3 Å². The Morgan fingerprint density at radius 2 is 1.77 bits per heavy atom. The number of fused-ring (bicyclic) bond motifs is 1. The topological polar surface area (TPSA) is 72.8 Å². The molecule has 1 saturated heterocycles. The summed E-state index contributed by atoms with van der Waals surface area (Å²) >= 11 is 0. The van der Waals surface area contributed by atoms with Crippen molar-refractivity contribution in [1.82, 2.24) is 10.2 Å². The first-order chi connectivity index (χ1) is 15.1. The summed E-state index contributed by atoms with van der Waals surface area (Å²) in [4.78, 5) is 14.6. The van der Waals surface area contributed by atoms with Gasteiger partial charge in [0.15, 0.2) is 0 Å². The Bertz CT molecular complexity index is 1020. The molecule has 31 heavy (non-hydrogen) atoms. The molecule has 1 fully saturated rings. The predicted molar refractivity (Wildman–Crippen MR) is 123 cm³/mol. The third-order valence-electron chi connectivity index (χ3n) is 6.39. The van der Waals surface area contributed by atoms with Crippen LogP contribution >= 0.6 is 0 Å². The van der Waals surface area contributed by atoms with Crippen LogP contribution in [0, 0.1) is 0 Å². The number of carbonyl (C=O) groups is 1. The molecule has 0 saturated carbocycles. The number of aliphatic hydroxyl groups excluding tert-OH is 2. The van der Waals surface area contributed by atoms with Crippen LogP contribution in [0.4, 0.5) is 0 Å². The SMILES string of the molecule is O=C(CCO)N[C@]1(c2ccccc2)CCN(CCc2cccc3ccccc23)C[C@H]1O. The normalized spacial score (nSPS) is 21.8. The second-order valence-electron chi connectivity index (χ2n) is 8.31. The van der Waals surface area contributed by atoms with Crippen LogP contribution in [0.25, 0.3) is 10.8 Å². The Labute approximate surface area is 183 Å². The molecule has 3 N–H and O–H groups in total. The van der Waals surface area contributed by atoms with Gasteiger partial charge in [0.05, 0.1) is 18.2 Å². The summed E-state index contributed by atoms with van der Waals surface area (Å²) in [6.07, 6.45) is 0.819. The summed E-state index contributed by atoms with van der Waals surface area (Å²) < 4.78 is 0. The predicted octanol–water partition coefficient (Wildman–Crippen LogP) is 2.84. The van der Waals surface area contributed by atoms with Crippen molar-refractivity contribution < 1.29 is 15.0 Å². The zero-order chi connectivity index (χ0) is 21.7. The quantitative estimate of drug-likeness (QED) is 0.552. The van der Waals surface area contributed by atoms with Crippen molar-refractivity contribution >= 4 is 16.7 Å². The fraction of sp³-hybridized carbons (Fsp3) is 0.346. The summed E-state index contributed by atoms with van der Waals surface area (Å²) in [5.41, 5.74) is 1.38. The summed E-state index contributed by atoms with van der Waals surface area (Å²) in [7, 11) is 0. The number of carbonyl (C=O) groups excluding carboxylic acids is 1. The number of aliphatic hydroxyl groups is 2. The van der Waals surface area contributed by atoms with Gasteiger partial charge < -0.3 is 20.4 Å². The van der Waals surface area contributed by atoms with Crippen molar-refractivity contribution in [3.8, 4) is 0 Å². The van der Waals surface area contributed by atoms with E-state index in [-0.39, 0.29) is 18.9 Å². The van der Waals surface area contributed by atoms with Crippen LogP contribution in [0.5, 0.6) is 0 Å². The Hall–Kier alpha value is -2.73. The second-order valence-corrected chi connectivity index (χ2v) is 8.31. The number of β-amino-alcohol motifs (C(OH)–C–C–N with tert-alkyl or cyclic N) is 1. The molecular weight excluding hydrogens is 388 g/mol. The average molecular weight is 419 g/mol. The number of amides is 1. The summed E-state index contributed by atoms with van der Waals surface area (Å²) in [6, 6.07) is 24.5. The van der Waals surface area contributed by atoms with E-state index in [2.05, 4.69) is 52.7 Å².